The summed E-state index contributed by atoms with van der Waals surface area (Å²) in [6, 6.07) is 52.6. The van der Waals surface area contributed by atoms with E-state index in [1.54, 1.807) is 196 Å². The molecule has 1 unspecified atom stereocenters. The van der Waals surface area contributed by atoms with Gasteiger partial charge in [0, 0.05) is 81.5 Å². The SMILES string of the molecule is C.C/C=C/c1ccc(OC(=O)CC)c(OC)c1.CCC(=O)Oc1c(C)cc(C(=O)O)cc1O.CCC(=O)Oc1c(C)cccc1O.CCC(=O)Oc1cc(O)ccc1C.CCC(=O)Oc1ccc(C(=O)O)cc1C.CCC(=O)Oc1ccc(C)cc1C(C)(C)C.CCC(=O)Oc1ccc(N)cc1.CCC(=O)Oc1ccc(OC)cc1C.CCC(=O)Oc1cccc(C)c1O.CCC(=O)Oc1ccccc1C(C)CC. The summed E-state index contributed by atoms with van der Waals surface area (Å²) in [5, 5.41) is 54.9. The van der Waals surface area contributed by atoms with Crippen molar-refractivity contribution in [3.63, 3.8) is 0 Å². The highest BCUT2D eigenvalue weighted by molar-refractivity contribution is 5.90. The Balaban J connectivity index is 0.00000158. The molecular weight excluding hydrogens is 1850 g/mol. The fourth-order valence-corrected chi connectivity index (χ4v) is 11.0. The van der Waals surface area contributed by atoms with Gasteiger partial charge in [-0.05, 0) is 233 Å². The number of aromatic hydroxyl groups is 4. The minimum atomic E-state index is -1.15. The van der Waals surface area contributed by atoms with Gasteiger partial charge in [0.25, 0.3) is 0 Å². The summed E-state index contributed by atoms with van der Waals surface area (Å²) in [5.74, 6) is 0.823. The summed E-state index contributed by atoms with van der Waals surface area (Å²) >= 11 is 0. The van der Waals surface area contributed by atoms with Gasteiger partial charge in [-0.1, -0.05) is 196 Å². The van der Waals surface area contributed by atoms with Crippen LogP contribution in [-0.4, -0.2) is 116 Å². The molecule has 31 heteroatoms. The van der Waals surface area contributed by atoms with Crippen molar-refractivity contribution in [1.82, 2.24) is 0 Å². The van der Waals surface area contributed by atoms with Crippen LogP contribution >= 0.6 is 0 Å². The second-order valence-corrected chi connectivity index (χ2v) is 32.0. The minimum Gasteiger partial charge on any atom is -0.508 e. The van der Waals surface area contributed by atoms with Gasteiger partial charge in [-0.25, -0.2) is 9.59 Å². The van der Waals surface area contributed by atoms with Crippen LogP contribution in [0.4, 0.5) is 5.69 Å². The highest BCUT2D eigenvalue weighted by atomic mass is 16.6. The van der Waals surface area contributed by atoms with Crippen molar-refractivity contribution in [3.05, 3.63) is 261 Å². The molecule has 0 spiro atoms. The van der Waals surface area contributed by atoms with Crippen molar-refractivity contribution in [1.29, 1.82) is 0 Å². The number of carbonyl (C=O) groups is 12. The number of phenols is 4. The normalized spacial score (nSPS) is 10.1. The number of aryl methyl sites for hydroxylation is 7. The van der Waals surface area contributed by atoms with Gasteiger partial charge in [0.2, 0.25) is 0 Å². The predicted octanol–water partition coefficient (Wildman–Crippen LogP) is 24.5. The molecule has 144 heavy (non-hydrogen) atoms. The number of methoxy groups -OCH3 is 2. The number of ether oxygens (including phenoxy) is 12. The average molecular weight is 2000 g/mol. The molecule has 780 valence electrons. The third-order valence-electron chi connectivity index (χ3n) is 19.4. The zero-order valence-electron chi connectivity index (χ0n) is 86.5. The van der Waals surface area contributed by atoms with Crippen molar-refractivity contribution in [2.75, 3.05) is 20.0 Å². The number of nitrogen functional groups attached to an aromatic ring is 1. The van der Waals surface area contributed by atoms with Gasteiger partial charge < -0.3 is 93.2 Å². The summed E-state index contributed by atoms with van der Waals surface area (Å²) < 4.78 is 60.7. The zero-order valence-corrected chi connectivity index (χ0v) is 86.5. The number of hydrogen-bond donors (Lipinski definition) is 7. The number of carboxylic acid groups (broad SMARTS) is 2. The fourth-order valence-electron chi connectivity index (χ4n) is 11.0. The molecule has 0 aromatic heterocycles. The molecular formula is C113H143NO30. The van der Waals surface area contributed by atoms with Gasteiger partial charge in [-0.15, -0.1) is 0 Å². The number of aromatic carboxylic acids is 2. The van der Waals surface area contributed by atoms with E-state index in [4.69, 9.17) is 77.9 Å². The van der Waals surface area contributed by atoms with Gasteiger partial charge in [0.15, 0.2) is 46.0 Å². The van der Waals surface area contributed by atoms with Gasteiger partial charge in [-0.2, -0.15) is 0 Å². The molecule has 8 N–H and O–H groups in total. The van der Waals surface area contributed by atoms with Crippen LogP contribution in [0, 0.1) is 48.5 Å². The number of carbonyl (C=O) groups excluding carboxylic acids is 10. The lowest BCUT2D eigenvalue weighted by Crippen LogP contribution is -2.16. The number of hydrogen-bond acceptors (Lipinski definition) is 29. The number of para-hydroxylation sites is 3. The van der Waals surface area contributed by atoms with Crippen molar-refractivity contribution >= 4 is 83.4 Å². The Bertz CT molecular complexity index is 5780. The number of nitrogens with two attached hydrogens (primary N) is 1. The fraction of sp³-hybridized carbons (Fsp3) is 0.345. The molecule has 1 atom stereocenters. The summed E-state index contributed by atoms with van der Waals surface area (Å²) in [6.45, 7) is 42.4. The second-order valence-electron chi connectivity index (χ2n) is 32.0. The first-order chi connectivity index (χ1) is 67.5. The lowest BCUT2D eigenvalue weighted by Gasteiger charge is -2.22. The van der Waals surface area contributed by atoms with Crippen LogP contribution in [0.25, 0.3) is 6.08 Å². The topological polar surface area (TPSA) is 463 Å². The van der Waals surface area contributed by atoms with Crippen molar-refractivity contribution < 1.29 is 145 Å². The first-order valence-electron chi connectivity index (χ1n) is 46.4. The molecule has 0 amide bonds. The summed E-state index contributed by atoms with van der Waals surface area (Å²) in [6.07, 6.45) is 8.25. The van der Waals surface area contributed by atoms with E-state index >= 15 is 0 Å². The Labute approximate surface area is 845 Å². The Kier molecular flexibility index (Phi) is 60.8. The van der Waals surface area contributed by atoms with Crippen molar-refractivity contribution in [2.45, 2.75) is 249 Å². The zero-order chi connectivity index (χ0) is 108. The number of esters is 10. The van der Waals surface area contributed by atoms with Gasteiger partial charge in [0.05, 0.1) is 25.3 Å². The van der Waals surface area contributed by atoms with Crippen LogP contribution in [0.5, 0.6) is 92.0 Å². The maximum Gasteiger partial charge on any atom is 0.335 e. The number of allylic oxidation sites excluding steroid dienone is 1. The molecule has 10 aromatic rings. The predicted molar refractivity (Wildman–Crippen MR) is 554 cm³/mol. The highest BCUT2D eigenvalue weighted by Gasteiger charge is 2.23. The van der Waals surface area contributed by atoms with Crippen LogP contribution in [0.1, 0.15) is 271 Å². The van der Waals surface area contributed by atoms with E-state index in [9.17, 15) is 72.9 Å². The van der Waals surface area contributed by atoms with E-state index in [1.807, 2.05) is 94.4 Å². The maximum atomic E-state index is 11.3. The monoisotopic (exact) mass is 1990 g/mol. The van der Waals surface area contributed by atoms with Gasteiger partial charge >= 0.3 is 71.6 Å². The molecule has 10 rings (SSSR count). The summed E-state index contributed by atoms with van der Waals surface area (Å²) in [5.41, 5.74) is 14.8. The van der Waals surface area contributed by atoms with Gasteiger partial charge in [-0.3, -0.25) is 47.9 Å². The average Bonchev–Trinajstić information content (AvgIpc) is 0.823. The molecule has 0 heterocycles. The van der Waals surface area contributed by atoms with E-state index in [0.717, 1.165) is 51.6 Å². The molecule has 0 aliphatic carbocycles. The molecule has 0 saturated heterocycles. The van der Waals surface area contributed by atoms with Gasteiger partial charge in [0.1, 0.15) is 46.0 Å². The van der Waals surface area contributed by atoms with Crippen LogP contribution in [0.2, 0.25) is 0 Å². The standard InChI is InChI=1S/C14H20O2.C13H16O3.C13H18O2.C11H12O5.C11H12O4.C11H14O3.3C10H12O3.C9H11NO2.CH4/c1-6-13(15)16-12-8-7-10(2)9-11(12)14(3,4)5;1-4-6-10-7-8-11(12(9-10)15-3)16-13(14)5-2;1-4-10(3)11-8-6-7-9-12(11)15-13(14)5-2;1-3-9(13)16-10-6(2)4-7(11(14)15)5-8(10)12;1-3-10(12)15-9-5-4-8(11(13)14)6-7(9)2;1-4-11(12)14-10-6-5-9(13-3)7-8(10)2;1-3-10(12)13-9-6-8(11)5-4-7(9)2;1-3-9(11)13-8-6-4-5-7(2)10(8)12;1-3-9(12)13-10-7(2)5-4-6-8(10)11;1-2-9(11)12-8-5-3-7(10)4-6-8;/h7-9H,6H2,1-5H3;4,6-9H,5H2,1-3H3;6-10H,4-5H2,1-3H3;4-5,12H,3H2,1-2H3,(H,14,15);4-6H,3H2,1-2H3,(H,13,14);5-7H,4H2,1-3H3;4-6,11H,3H2,1-2H3;4-6,12H,3H2,1-2H3;4-6,11H,3H2,1-2H3;3-6H,2,10H2,1H3;1H4/b;6-4+;;;;;;;;;. The lowest BCUT2D eigenvalue weighted by atomic mass is 9.85. The Morgan fingerprint density at radius 1 is 0.340 bits per heavy atom. The number of phenolic OH excluding ortho intramolecular Hbond substituents is 4. The minimum absolute atomic E-state index is 0. The molecule has 0 saturated carbocycles. The number of anilines is 1. The van der Waals surface area contributed by atoms with Crippen molar-refractivity contribution in [2.24, 2.45) is 0 Å². The molecule has 0 radical (unpaired) electrons. The van der Waals surface area contributed by atoms with E-state index < -0.39 is 17.9 Å². The van der Waals surface area contributed by atoms with E-state index in [0.29, 0.717) is 132 Å². The Morgan fingerprint density at radius 3 is 1.21 bits per heavy atom. The number of benzene rings is 10. The van der Waals surface area contributed by atoms with Crippen LogP contribution in [-0.2, 0) is 53.4 Å². The first kappa shape index (κ1) is 128. The molecule has 0 aliphatic rings. The van der Waals surface area contributed by atoms with E-state index in [-0.39, 0.29) is 124 Å². The maximum absolute atomic E-state index is 11.3. The Hall–Kier alpha value is -15.8. The number of rotatable bonds is 27. The van der Waals surface area contributed by atoms with E-state index in [2.05, 4.69) is 40.7 Å². The third kappa shape index (κ3) is 48.9. The van der Waals surface area contributed by atoms with Crippen LogP contribution in [0.3, 0.4) is 0 Å². The third-order valence-corrected chi connectivity index (χ3v) is 19.4. The summed E-state index contributed by atoms with van der Waals surface area (Å²) in [7, 11) is 3.16. The quantitative estimate of drug-likeness (QED) is 0.0143. The number of carboxylic acids is 2. The molecule has 10 aromatic carbocycles. The largest absolute Gasteiger partial charge is 0.508 e. The van der Waals surface area contributed by atoms with Crippen molar-refractivity contribution in [3.8, 4) is 92.0 Å². The molecule has 0 aliphatic heterocycles. The smallest absolute Gasteiger partial charge is 0.335 e. The van der Waals surface area contributed by atoms with Crippen LogP contribution in [0.15, 0.2) is 194 Å². The lowest BCUT2D eigenvalue weighted by molar-refractivity contribution is -0.135. The molecule has 0 fully saturated rings. The highest BCUT2D eigenvalue weighted by Crippen LogP contribution is 2.37. The summed E-state index contributed by atoms with van der Waals surface area (Å²) in [4.78, 5) is 132. The molecule has 0 bridgehead atoms. The van der Waals surface area contributed by atoms with E-state index in [1.165, 1.54) is 42.0 Å². The molecule has 31 nitrogen and oxygen atoms in total. The van der Waals surface area contributed by atoms with Crippen LogP contribution < -0.4 is 62.6 Å². The first-order valence-corrected chi connectivity index (χ1v) is 46.4. The second kappa shape index (κ2) is 68.3. The Morgan fingerprint density at radius 2 is 0.750 bits per heavy atom.